The molecule has 2 heterocycles. The first-order valence-electron chi connectivity index (χ1n) is 6.45. The molecule has 4 nitrogen and oxygen atoms in total. The topological polar surface area (TPSA) is 53.9 Å². The molecule has 1 unspecified atom stereocenters. The average molecular weight is 258 g/mol. The number of fused-ring (bicyclic) bond motifs is 2. The van der Waals surface area contributed by atoms with Crippen molar-refractivity contribution in [3.8, 4) is 0 Å². The Labute approximate surface area is 112 Å². The van der Waals surface area contributed by atoms with Crippen LogP contribution >= 0.6 is 0 Å². The molecule has 0 saturated carbocycles. The monoisotopic (exact) mass is 258 g/mol. The fourth-order valence-corrected chi connectivity index (χ4v) is 2.32. The van der Waals surface area contributed by atoms with Gasteiger partial charge in [0.15, 0.2) is 0 Å². The molecule has 0 saturated heterocycles. The quantitative estimate of drug-likeness (QED) is 0.702. The van der Waals surface area contributed by atoms with Gasteiger partial charge in [0.25, 0.3) is 0 Å². The van der Waals surface area contributed by atoms with Gasteiger partial charge in [0, 0.05) is 17.1 Å². The molecule has 19 heavy (non-hydrogen) atoms. The lowest BCUT2D eigenvalue weighted by Gasteiger charge is -2.33. The van der Waals surface area contributed by atoms with E-state index < -0.39 is 0 Å². The van der Waals surface area contributed by atoms with Crippen LogP contribution in [-0.4, -0.2) is 23.5 Å². The zero-order valence-electron chi connectivity index (χ0n) is 11.4. The molecular formula is C15H18N2O2. The van der Waals surface area contributed by atoms with Crippen LogP contribution in [0.1, 0.15) is 20.8 Å². The first-order chi connectivity index (χ1) is 8.97. The van der Waals surface area contributed by atoms with Gasteiger partial charge in [-0.15, -0.1) is 0 Å². The Morgan fingerprint density at radius 3 is 2.95 bits per heavy atom. The van der Waals surface area contributed by atoms with Gasteiger partial charge in [-0.2, -0.15) is 0 Å². The molecule has 3 rings (SSSR count). The molecule has 0 bridgehead atoms. The lowest BCUT2D eigenvalue weighted by molar-refractivity contribution is 0.243. The predicted octanol–water partition coefficient (Wildman–Crippen LogP) is 2.58. The van der Waals surface area contributed by atoms with Gasteiger partial charge in [0.05, 0.1) is 5.71 Å². The maximum Gasteiger partial charge on any atom is 0.147 e. The number of aliphatic imine (C=N–C) groups is 1. The molecule has 1 atom stereocenters. The highest BCUT2D eigenvalue weighted by molar-refractivity contribution is 5.92. The van der Waals surface area contributed by atoms with E-state index in [9.17, 15) is 5.11 Å². The Balaban J connectivity index is 2.07. The predicted molar refractivity (Wildman–Crippen MR) is 74.7 cm³/mol. The number of hydrogen-bond donors (Lipinski definition) is 2. The fraction of sp³-hybridized carbons (Fsp3) is 0.400. The van der Waals surface area contributed by atoms with Gasteiger partial charge in [0.1, 0.15) is 29.9 Å². The van der Waals surface area contributed by atoms with Gasteiger partial charge in [-0.1, -0.05) is 26.8 Å². The first kappa shape index (κ1) is 12.1. The van der Waals surface area contributed by atoms with E-state index in [-0.39, 0.29) is 17.2 Å². The second kappa shape index (κ2) is 4.02. The van der Waals surface area contributed by atoms with Crippen molar-refractivity contribution in [3.05, 3.63) is 47.2 Å². The molecule has 0 amide bonds. The molecule has 0 fully saturated rings. The highest BCUT2D eigenvalue weighted by Crippen LogP contribution is 2.34. The van der Waals surface area contributed by atoms with Crippen LogP contribution in [0.5, 0.6) is 0 Å². The molecule has 2 aliphatic heterocycles. The molecule has 1 aliphatic carbocycles. The fourth-order valence-electron chi connectivity index (χ4n) is 2.32. The summed E-state index contributed by atoms with van der Waals surface area (Å²) in [6.45, 7) is 6.86. The molecule has 2 N–H and O–H groups in total. The van der Waals surface area contributed by atoms with Gasteiger partial charge in [-0.3, -0.25) is 4.99 Å². The number of nitrogens with one attached hydrogen (secondary N) is 1. The third-order valence-electron chi connectivity index (χ3n) is 3.52. The molecule has 0 aromatic carbocycles. The average Bonchev–Trinajstić information content (AvgIpc) is 2.37. The second-order valence-electron chi connectivity index (χ2n) is 5.96. The maximum absolute atomic E-state index is 10.0. The molecule has 100 valence electrons. The Bertz CT molecular complexity index is 571. The van der Waals surface area contributed by atoms with E-state index in [1.54, 1.807) is 6.08 Å². The van der Waals surface area contributed by atoms with Gasteiger partial charge >= 0.3 is 0 Å². The number of aliphatic hydroxyl groups excluding tert-OH is 1. The number of nitrogens with zero attached hydrogens (tertiary/aromatic N) is 1. The highest BCUT2D eigenvalue weighted by atomic mass is 16.5. The summed E-state index contributed by atoms with van der Waals surface area (Å²) in [6, 6.07) is -0.123. The molecule has 4 heteroatoms. The van der Waals surface area contributed by atoms with Crippen LogP contribution in [0, 0.1) is 5.41 Å². The number of dihydropyridines is 1. The van der Waals surface area contributed by atoms with Gasteiger partial charge in [-0.05, 0) is 12.3 Å². The number of hydrogen-bond acceptors (Lipinski definition) is 4. The first-order valence-corrected chi connectivity index (χ1v) is 6.45. The van der Waals surface area contributed by atoms with E-state index in [1.165, 1.54) is 0 Å². The molecule has 3 aliphatic rings. The Hall–Kier alpha value is -1.97. The standard InChI is InChI=1S/C15H18N2O2/c1-15(2,3)12-8-19-11-7-10(18)9-5-4-6-16-13(9)14(11)17-12/h4-7,13,16,18H,8H2,1-3H3. The van der Waals surface area contributed by atoms with Crippen molar-refractivity contribution in [2.75, 3.05) is 6.61 Å². The van der Waals surface area contributed by atoms with Crippen molar-refractivity contribution in [1.82, 2.24) is 5.32 Å². The zero-order chi connectivity index (χ0) is 13.6. The summed E-state index contributed by atoms with van der Waals surface area (Å²) in [5, 5.41) is 13.3. The summed E-state index contributed by atoms with van der Waals surface area (Å²) >= 11 is 0. The molecule has 0 aromatic rings. The minimum Gasteiger partial charge on any atom is -0.507 e. The van der Waals surface area contributed by atoms with E-state index >= 15 is 0 Å². The van der Waals surface area contributed by atoms with Gasteiger partial charge in [0.2, 0.25) is 0 Å². The van der Waals surface area contributed by atoms with Crippen molar-refractivity contribution in [1.29, 1.82) is 0 Å². The van der Waals surface area contributed by atoms with E-state index in [4.69, 9.17) is 9.73 Å². The third-order valence-corrected chi connectivity index (χ3v) is 3.52. The summed E-state index contributed by atoms with van der Waals surface area (Å²) in [5.41, 5.74) is 2.70. The maximum atomic E-state index is 10.0. The van der Waals surface area contributed by atoms with E-state index in [1.807, 2.05) is 18.4 Å². The summed E-state index contributed by atoms with van der Waals surface area (Å²) in [4.78, 5) is 4.77. The van der Waals surface area contributed by atoms with Crippen molar-refractivity contribution in [2.24, 2.45) is 10.4 Å². The van der Waals surface area contributed by atoms with Crippen LogP contribution in [0.2, 0.25) is 0 Å². The lowest BCUT2D eigenvalue weighted by Crippen LogP contribution is -2.38. The van der Waals surface area contributed by atoms with Crippen LogP contribution in [0.3, 0.4) is 0 Å². The van der Waals surface area contributed by atoms with E-state index in [0.717, 1.165) is 17.0 Å². The van der Waals surface area contributed by atoms with E-state index in [2.05, 4.69) is 26.1 Å². The van der Waals surface area contributed by atoms with E-state index in [0.29, 0.717) is 12.4 Å². The van der Waals surface area contributed by atoms with Crippen LogP contribution in [0.15, 0.2) is 52.2 Å². The normalized spacial score (nSPS) is 25.4. The van der Waals surface area contributed by atoms with Crippen LogP contribution in [0.25, 0.3) is 0 Å². The van der Waals surface area contributed by atoms with Crippen molar-refractivity contribution in [3.63, 3.8) is 0 Å². The second-order valence-corrected chi connectivity index (χ2v) is 5.96. The van der Waals surface area contributed by atoms with Crippen LogP contribution < -0.4 is 5.32 Å². The summed E-state index contributed by atoms with van der Waals surface area (Å²) in [6.07, 6.45) is 7.29. The van der Waals surface area contributed by atoms with Gasteiger partial charge < -0.3 is 15.2 Å². The number of rotatable bonds is 0. The molecular weight excluding hydrogens is 240 g/mol. The third kappa shape index (κ3) is 1.97. The number of aliphatic hydroxyl groups is 1. The molecule has 0 spiro atoms. The molecule has 0 aromatic heterocycles. The summed E-state index contributed by atoms with van der Waals surface area (Å²) in [5.74, 6) is 0.908. The lowest BCUT2D eigenvalue weighted by atomic mass is 9.88. The Morgan fingerprint density at radius 2 is 2.21 bits per heavy atom. The largest absolute Gasteiger partial charge is 0.507 e. The van der Waals surface area contributed by atoms with Crippen molar-refractivity contribution >= 4 is 5.71 Å². The van der Waals surface area contributed by atoms with Crippen LogP contribution in [0.4, 0.5) is 0 Å². The molecule has 0 radical (unpaired) electrons. The highest BCUT2D eigenvalue weighted by Gasteiger charge is 2.34. The minimum atomic E-state index is -0.123. The zero-order valence-corrected chi connectivity index (χ0v) is 11.4. The Morgan fingerprint density at radius 1 is 1.42 bits per heavy atom. The Kier molecular flexibility index (Phi) is 2.55. The summed E-state index contributed by atoms with van der Waals surface area (Å²) in [7, 11) is 0. The smallest absolute Gasteiger partial charge is 0.147 e. The van der Waals surface area contributed by atoms with Crippen molar-refractivity contribution in [2.45, 2.75) is 26.8 Å². The minimum absolute atomic E-state index is 0.0177. The number of ether oxygens (including phenoxy) is 1. The summed E-state index contributed by atoms with van der Waals surface area (Å²) < 4.78 is 5.76. The SMILES string of the molecule is CC(C)(C)C1=NC2=C(C=C(O)C3=CC=CNC32)OC1. The number of allylic oxidation sites excluding steroid dienone is 3. The van der Waals surface area contributed by atoms with Crippen LogP contribution in [-0.2, 0) is 4.74 Å². The van der Waals surface area contributed by atoms with Gasteiger partial charge in [-0.25, -0.2) is 0 Å². The van der Waals surface area contributed by atoms with Crippen molar-refractivity contribution < 1.29 is 9.84 Å².